The van der Waals surface area contributed by atoms with Gasteiger partial charge in [0.2, 0.25) is 5.91 Å². The monoisotopic (exact) mass is 378 g/mol. The molecule has 27 heavy (non-hydrogen) atoms. The molecule has 1 atom stereocenters. The second-order valence-corrected chi connectivity index (χ2v) is 8.07. The van der Waals surface area contributed by atoms with Crippen molar-refractivity contribution in [1.82, 2.24) is 4.90 Å². The van der Waals surface area contributed by atoms with Crippen LogP contribution in [0, 0.1) is 12.3 Å². The van der Waals surface area contributed by atoms with Gasteiger partial charge in [-0.25, -0.2) is 4.79 Å². The fraction of sp³-hybridized carbons (Fsp3) is 0.600. The number of nitrogens with zero attached hydrogens (tertiary/aromatic N) is 1. The summed E-state index contributed by atoms with van der Waals surface area (Å²) in [5.74, 6) is 0.587. The molecule has 2 rings (SSSR count). The molecular formula is C20H30N2O5. The van der Waals surface area contributed by atoms with Crippen LogP contribution in [0.2, 0.25) is 0 Å². The number of methoxy groups -OCH3 is 1. The van der Waals surface area contributed by atoms with Gasteiger partial charge in [-0.15, -0.1) is 0 Å². The predicted molar refractivity (Wildman–Crippen MR) is 102 cm³/mol. The Hall–Kier alpha value is -2.44. The van der Waals surface area contributed by atoms with E-state index in [4.69, 9.17) is 15.2 Å². The molecule has 0 radical (unpaired) electrons. The van der Waals surface area contributed by atoms with Gasteiger partial charge in [-0.3, -0.25) is 4.79 Å². The van der Waals surface area contributed by atoms with Crippen LogP contribution in [-0.4, -0.2) is 47.8 Å². The number of phenolic OH excluding ortho intramolecular Hbond substituents is 1. The number of amides is 2. The standard InChI is InChI=1S/C20H30N2O5/c1-13-14(6-7-15(23)17(13)26-5)12-20(19(2,3)4)9-8-16(24)22(20)10-11-27-18(21)25/h6-7,23H,8-12H2,1-5H3,(H2,21,25)/t20-/m0/s1. The van der Waals surface area contributed by atoms with Gasteiger partial charge in [0.15, 0.2) is 11.5 Å². The maximum atomic E-state index is 12.7. The SMILES string of the molecule is COc1c(O)ccc(C[C@]2(C(C)(C)C)CCC(=O)N2CCOC(N)=O)c1C. The summed E-state index contributed by atoms with van der Waals surface area (Å²) in [6, 6.07) is 3.50. The van der Waals surface area contributed by atoms with Gasteiger partial charge in [0, 0.05) is 6.42 Å². The van der Waals surface area contributed by atoms with Crippen LogP contribution < -0.4 is 10.5 Å². The molecule has 1 aromatic rings. The highest BCUT2D eigenvalue weighted by Gasteiger charge is 2.52. The largest absolute Gasteiger partial charge is 0.504 e. The summed E-state index contributed by atoms with van der Waals surface area (Å²) in [6.45, 7) is 8.60. The summed E-state index contributed by atoms with van der Waals surface area (Å²) in [5.41, 5.74) is 6.25. The van der Waals surface area contributed by atoms with Crippen molar-refractivity contribution in [2.45, 2.75) is 52.5 Å². The maximum absolute atomic E-state index is 12.7. The van der Waals surface area contributed by atoms with E-state index in [0.29, 0.717) is 31.6 Å². The van der Waals surface area contributed by atoms with E-state index in [1.54, 1.807) is 6.07 Å². The van der Waals surface area contributed by atoms with Gasteiger partial charge in [0.1, 0.15) is 6.61 Å². The van der Waals surface area contributed by atoms with E-state index in [9.17, 15) is 14.7 Å². The highest BCUT2D eigenvalue weighted by Crippen LogP contribution is 2.47. The van der Waals surface area contributed by atoms with E-state index in [1.165, 1.54) is 7.11 Å². The molecule has 1 saturated heterocycles. The van der Waals surface area contributed by atoms with Gasteiger partial charge in [-0.1, -0.05) is 26.8 Å². The van der Waals surface area contributed by atoms with Crippen LogP contribution >= 0.6 is 0 Å². The minimum Gasteiger partial charge on any atom is -0.504 e. The second kappa shape index (κ2) is 7.66. The molecule has 1 aromatic carbocycles. The normalized spacial score (nSPS) is 20.0. The number of rotatable bonds is 6. The molecular weight excluding hydrogens is 348 g/mol. The highest BCUT2D eigenvalue weighted by molar-refractivity contribution is 5.80. The van der Waals surface area contributed by atoms with Crippen LogP contribution in [0.3, 0.4) is 0 Å². The number of carbonyl (C=O) groups is 2. The van der Waals surface area contributed by atoms with Crippen LogP contribution in [0.15, 0.2) is 12.1 Å². The highest BCUT2D eigenvalue weighted by atomic mass is 16.5. The molecule has 0 unspecified atom stereocenters. The quantitative estimate of drug-likeness (QED) is 0.792. The molecule has 1 aliphatic rings. The zero-order valence-electron chi connectivity index (χ0n) is 16.8. The molecule has 7 heteroatoms. The Labute approximate surface area is 160 Å². The van der Waals surface area contributed by atoms with Crippen LogP contribution in [-0.2, 0) is 16.0 Å². The number of ether oxygens (including phenoxy) is 2. The lowest BCUT2D eigenvalue weighted by atomic mass is 9.68. The number of carbonyl (C=O) groups excluding carboxylic acids is 2. The molecule has 7 nitrogen and oxygen atoms in total. The van der Waals surface area contributed by atoms with Gasteiger partial charge in [0.25, 0.3) is 0 Å². The Morgan fingerprint density at radius 1 is 1.37 bits per heavy atom. The first-order valence-electron chi connectivity index (χ1n) is 9.11. The fourth-order valence-corrected chi connectivity index (χ4v) is 4.11. The minimum absolute atomic E-state index is 0.0430. The van der Waals surface area contributed by atoms with Crippen molar-refractivity contribution >= 4 is 12.0 Å². The van der Waals surface area contributed by atoms with E-state index < -0.39 is 11.6 Å². The lowest BCUT2D eigenvalue weighted by Crippen LogP contribution is -2.57. The Morgan fingerprint density at radius 3 is 2.59 bits per heavy atom. The van der Waals surface area contributed by atoms with Crippen molar-refractivity contribution in [3.63, 3.8) is 0 Å². The average Bonchev–Trinajstić information content (AvgIpc) is 2.88. The first-order chi connectivity index (χ1) is 12.5. The molecule has 2 amide bonds. The van der Waals surface area contributed by atoms with E-state index >= 15 is 0 Å². The first-order valence-corrected chi connectivity index (χ1v) is 9.11. The topological polar surface area (TPSA) is 102 Å². The number of likely N-dealkylation sites (tertiary alicyclic amines) is 1. The van der Waals surface area contributed by atoms with Crippen LogP contribution in [0.25, 0.3) is 0 Å². The number of aromatic hydroxyl groups is 1. The zero-order chi connectivity index (χ0) is 20.4. The lowest BCUT2D eigenvalue weighted by molar-refractivity contribution is -0.135. The Morgan fingerprint density at radius 2 is 2.04 bits per heavy atom. The number of benzene rings is 1. The van der Waals surface area contributed by atoms with Crippen molar-refractivity contribution < 1.29 is 24.2 Å². The molecule has 0 spiro atoms. The molecule has 150 valence electrons. The van der Waals surface area contributed by atoms with E-state index in [1.807, 2.05) is 17.9 Å². The van der Waals surface area contributed by atoms with Crippen LogP contribution in [0.4, 0.5) is 4.79 Å². The van der Waals surface area contributed by atoms with E-state index in [0.717, 1.165) is 11.1 Å². The maximum Gasteiger partial charge on any atom is 0.404 e. The van der Waals surface area contributed by atoms with Gasteiger partial charge in [-0.05, 0) is 42.4 Å². The number of phenols is 1. The minimum atomic E-state index is -0.845. The smallest absolute Gasteiger partial charge is 0.404 e. The molecule has 1 aliphatic heterocycles. The molecule has 3 N–H and O–H groups in total. The van der Waals surface area contributed by atoms with Gasteiger partial charge in [0.05, 0.1) is 19.2 Å². The average molecular weight is 378 g/mol. The third-order valence-corrected chi connectivity index (χ3v) is 5.71. The van der Waals surface area contributed by atoms with Crippen molar-refractivity contribution in [2.75, 3.05) is 20.3 Å². The summed E-state index contributed by atoms with van der Waals surface area (Å²) in [7, 11) is 1.53. The molecule has 0 bridgehead atoms. The third kappa shape index (κ3) is 3.96. The Balaban J connectivity index is 2.42. The summed E-state index contributed by atoms with van der Waals surface area (Å²) in [4.78, 5) is 25.4. The summed E-state index contributed by atoms with van der Waals surface area (Å²) in [5, 5.41) is 10.0. The number of hydrogen-bond donors (Lipinski definition) is 2. The predicted octanol–water partition coefficient (Wildman–Crippen LogP) is 2.75. The third-order valence-electron chi connectivity index (χ3n) is 5.71. The molecule has 0 aromatic heterocycles. The van der Waals surface area contributed by atoms with Crippen molar-refractivity contribution in [1.29, 1.82) is 0 Å². The molecule has 1 heterocycles. The summed E-state index contributed by atoms with van der Waals surface area (Å²) in [6.07, 6.45) is 0.917. The number of hydrogen-bond acceptors (Lipinski definition) is 5. The van der Waals surface area contributed by atoms with Crippen molar-refractivity contribution in [2.24, 2.45) is 11.1 Å². The van der Waals surface area contributed by atoms with Crippen LogP contribution in [0.5, 0.6) is 11.5 Å². The van der Waals surface area contributed by atoms with Gasteiger partial charge in [-0.2, -0.15) is 0 Å². The second-order valence-electron chi connectivity index (χ2n) is 8.07. The van der Waals surface area contributed by atoms with Crippen LogP contribution in [0.1, 0.15) is 44.7 Å². The molecule has 1 fully saturated rings. The van der Waals surface area contributed by atoms with Gasteiger partial charge >= 0.3 is 6.09 Å². The Kier molecular flexibility index (Phi) is 5.92. The fourth-order valence-electron chi connectivity index (χ4n) is 4.11. The lowest BCUT2D eigenvalue weighted by Gasteiger charge is -2.49. The first kappa shape index (κ1) is 20.9. The zero-order valence-corrected chi connectivity index (χ0v) is 16.8. The van der Waals surface area contributed by atoms with Gasteiger partial charge < -0.3 is 25.2 Å². The van der Waals surface area contributed by atoms with E-state index in [-0.39, 0.29) is 23.7 Å². The number of primary amides is 1. The Bertz CT molecular complexity index is 726. The van der Waals surface area contributed by atoms with Crippen molar-refractivity contribution in [3.05, 3.63) is 23.3 Å². The van der Waals surface area contributed by atoms with Crippen molar-refractivity contribution in [3.8, 4) is 11.5 Å². The van der Waals surface area contributed by atoms with E-state index in [2.05, 4.69) is 20.8 Å². The molecule has 0 aliphatic carbocycles. The molecule has 0 saturated carbocycles. The summed E-state index contributed by atoms with van der Waals surface area (Å²) >= 11 is 0. The summed E-state index contributed by atoms with van der Waals surface area (Å²) < 4.78 is 10.2. The number of nitrogens with two attached hydrogens (primary N) is 1.